The minimum absolute atomic E-state index is 0.0611. The van der Waals surface area contributed by atoms with E-state index in [0.717, 1.165) is 17.3 Å². The molecule has 1 fully saturated rings. The lowest BCUT2D eigenvalue weighted by Gasteiger charge is -2.13. The fourth-order valence-electron chi connectivity index (χ4n) is 3.17. The van der Waals surface area contributed by atoms with Gasteiger partial charge in [0.2, 0.25) is 0 Å². The lowest BCUT2D eigenvalue weighted by molar-refractivity contribution is -0.123. The summed E-state index contributed by atoms with van der Waals surface area (Å²) in [5, 5.41) is 0.205. The number of benzene rings is 3. The predicted octanol–water partition coefficient (Wildman–Crippen LogP) is 7.82. The van der Waals surface area contributed by atoms with Crippen molar-refractivity contribution in [3.8, 4) is 5.75 Å². The molecule has 0 aromatic heterocycles. The van der Waals surface area contributed by atoms with E-state index in [-0.39, 0.29) is 30.1 Å². The van der Waals surface area contributed by atoms with Gasteiger partial charge in [0.25, 0.3) is 11.1 Å². The number of thioether (sulfide) groups is 1. The molecule has 1 heterocycles. The van der Waals surface area contributed by atoms with Crippen molar-refractivity contribution >= 4 is 72.4 Å². The lowest BCUT2D eigenvalue weighted by atomic mass is 10.2. The van der Waals surface area contributed by atoms with Gasteiger partial charge in [-0.1, -0.05) is 41.9 Å². The summed E-state index contributed by atoms with van der Waals surface area (Å²) >= 11 is 13.8. The molecule has 0 N–H and O–H groups in total. The second-order valence-corrected chi connectivity index (χ2v) is 10.2. The first-order valence-corrected chi connectivity index (χ1v) is 12.4. The highest BCUT2D eigenvalue weighted by Gasteiger charge is 2.35. The SMILES string of the molecule is O=C1S/C(=C\c2cc(Br)c(OCc3ccccc3F)c(Br)c2)C(=O)N1Cc1cccc(Cl)c1. The van der Waals surface area contributed by atoms with Gasteiger partial charge in [-0.2, -0.15) is 0 Å². The van der Waals surface area contributed by atoms with Crippen molar-refractivity contribution in [1.82, 2.24) is 4.90 Å². The number of amides is 2. The number of imide groups is 1. The van der Waals surface area contributed by atoms with Gasteiger partial charge in [0.15, 0.2) is 0 Å². The van der Waals surface area contributed by atoms with Gasteiger partial charge in [-0.3, -0.25) is 14.5 Å². The van der Waals surface area contributed by atoms with Crippen LogP contribution in [0.3, 0.4) is 0 Å². The summed E-state index contributed by atoms with van der Waals surface area (Å²) in [4.78, 5) is 26.8. The van der Waals surface area contributed by atoms with Crippen molar-refractivity contribution in [2.24, 2.45) is 0 Å². The molecule has 4 nitrogen and oxygen atoms in total. The summed E-state index contributed by atoms with van der Waals surface area (Å²) in [6.45, 7) is 0.213. The first-order chi connectivity index (χ1) is 15.8. The van der Waals surface area contributed by atoms with E-state index in [0.29, 0.717) is 35.7 Å². The third kappa shape index (κ3) is 5.69. The molecule has 3 aromatic carbocycles. The summed E-state index contributed by atoms with van der Waals surface area (Å²) in [6.07, 6.45) is 1.65. The molecule has 1 aliphatic rings. The van der Waals surface area contributed by atoms with Crippen molar-refractivity contribution in [3.05, 3.63) is 102 Å². The number of carbonyl (C=O) groups is 2. The zero-order valence-corrected chi connectivity index (χ0v) is 21.6. The second-order valence-electron chi connectivity index (χ2n) is 7.09. The molecule has 0 spiro atoms. The molecule has 0 saturated carbocycles. The molecule has 3 aromatic rings. The summed E-state index contributed by atoms with van der Waals surface area (Å²) in [7, 11) is 0. The van der Waals surface area contributed by atoms with E-state index in [9.17, 15) is 14.0 Å². The smallest absolute Gasteiger partial charge is 0.293 e. The fourth-order valence-corrected chi connectivity index (χ4v) is 5.67. The van der Waals surface area contributed by atoms with Crippen molar-refractivity contribution in [1.29, 1.82) is 0 Å². The van der Waals surface area contributed by atoms with E-state index in [2.05, 4.69) is 31.9 Å². The molecule has 0 bridgehead atoms. The maximum absolute atomic E-state index is 13.9. The largest absolute Gasteiger partial charge is 0.486 e. The van der Waals surface area contributed by atoms with Crippen molar-refractivity contribution in [2.45, 2.75) is 13.2 Å². The van der Waals surface area contributed by atoms with Gasteiger partial charge >= 0.3 is 0 Å². The van der Waals surface area contributed by atoms with Crippen molar-refractivity contribution in [2.75, 3.05) is 0 Å². The van der Waals surface area contributed by atoms with Crippen molar-refractivity contribution < 1.29 is 18.7 Å². The summed E-state index contributed by atoms with van der Waals surface area (Å²) < 4.78 is 20.9. The highest BCUT2D eigenvalue weighted by atomic mass is 79.9. The molecule has 1 saturated heterocycles. The molecule has 4 rings (SSSR count). The van der Waals surface area contributed by atoms with Crippen LogP contribution in [0.25, 0.3) is 6.08 Å². The number of ether oxygens (including phenoxy) is 1. The number of carbonyl (C=O) groups excluding carboxylic acids is 2. The Balaban J connectivity index is 1.51. The average Bonchev–Trinajstić information content (AvgIpc) is 3.02. The van der Waals surface area contributed by atoms with Crippen LogP contribution < -0.4 is 4.74 Å². The van der Waals surface area contributed by atoms with Gasteiger partial charge in [0, 0.05) is 10.6 Å². The van der Waals surface area contributed by atoms with Crippen LogP contribution in [0, 0.1) is 5.82 Å². The van der Waals surface area contributed by atoms with E-state index in [1.165, 1.54) is 11.0 Å². The molecular formula is C24H15Br2ClFNO3S. The fraction of sp³-hybridized carbons (Fsp3) is 0.0833. The molecule has 0 atom stereocenters. The van der Waals surface area contributed by atoms with Crippen LogP contribution in [-0.4, -0.2) is 16.0 Å². The van der Waals surface area contributed by atoms with Crippen LogP contribution in [0.2, 0.25) is 5.02 Å². The molecule has 2 amide bonds. The Labute approximate surface area is 216 Å². The predicted molar refractivity (Wildman–Crippen MR) is 136 cm³/mol. The monoisotopic (exact) mass is 609 g/mol. The van der Waals surface area contributed by atoms with Crippen LogP contribution >= 0.6 is 55.2 Å². The molecule has 0 unspecified atom stereocenters. The van der Waals surface area contributed by atoms with E-state index in [4.69, 9.17) is 16.3 Å². The molecule has 0 radical (unpaired) electrons. The van der Waals surface area contributed by atoms with Crippen LogP contribution in [0.5, 0.6) is 5.75 Å². The molecular weight excluding hydrogens is 597 g/mol. The number of nitrogens with zero attached hydrogens (tertiary/aromatic N) is 1. The molecule has 9 heteroatoms. The zero-order valence-electron chi connectivity index (χ0n) is 16.9. The highest BCUT2D eigenvalue weighted by molar-refractivity contribution is 9.11. The standard InChI is InChI=1S/C24H15Br2ClFNO3S/c25-18-9-15(10-19(26)22(18)32-13-16-5-1-2-7-20(16)28)11-21-23(30)29(24(31)33-21)12-14-4-3-6-17(27)8-14/h1-11H,12-13H2/b21-11-. The van der Waals surface area contributed by atoms with Gasteiger partial charge in [0.05, 0.1) is 20.4 Å². The van der Waals surface area contributed by atoms with Crippen LogP contribution in [0.15, 0.2) is 74.5 Å². The summed E-state index contributed by atoms with van der Waals surface area (Å²) in [5.41, 5.74) is 1.90. The Morgan fingerprint density at radius 3 is 2.45 bits per heavy atom. The van der Waals surface area contributed by atoms with E-state index < -0.39 is 0 Å². The normalized spacial score (nSPS) is 14.9. The van der Waals surface area contributed by atoms with Crippen LogP contribution in [-0.2, 0) is 17.9 Å². The van der Waals surface area contributed by atoms with Crippen LogP contribution in [0.4, 0.5) is 9.18 Å². The molecule has 168 valence electrons. The van der Waals surface area contributed by atoms with Crippen molar-refractivity contribution in [3.63, 3.8) is 0 Å². The van der Waals surface area contributed by atoms with E-state index in [1.54, 1.807) is 54.6 Å². The van der Waals surface area contributed by atoms with E-state index >= 15 is 0 Å². The summed E-state index contributed by atoms with van der Waals surface area (Å²) in [5.74, 6) is -0.198. The Bertz CT molecular complexity index is 1260. The highest BCUT2D eigenvalue weighted by Crippen LogP contribution is 2.38. The quantitative estimate of drug-likeness (QED) is 0.267. The van der Waals surface area contributed by atoms with Gasteiger partial charge in [0.1, 0.15) is 18.2 Å². The Morgan fingerprint density at radius 1 is 1.03 bits per heavy atom. The molecule has 0 aliphatic carbocycles. The minimum atomic E-state index is -0.364. The Hall–Kier alpha value is -2.13. The maximum Gasteiger partial charge on any atom is 0.293 e. The topological polar surface area (TPSA) is 46.6 Å². The van der Waals surface area contributed by atoms with Gasteiger partial charge in [-0.05, 0) is 91.2 Å². The third-order valence-electron chi connectivity index (χ3n) is 4.75. The summed E-state index contributed by atoms with van der Waals surface area (Å²) in [6, 6.07) is 17.0. The van der Waals surface area contributed by atoms with Crippen LogP contribution in [0.1, 0.15) is 16.7 Å². The Morgan fingerprint density at radius 2 is 1.76 bits per heavy atom. The first kappa shape index (κ1) is 24.0. The van der Waals surface area contributed by atoms with E-state index in [1.807, 2.05) is 6.07 Å². The third-order valence-corrected chi connectivity index (χ3v) is 7.07. The van der Waals surface area contributed by atoms with Gasteiger partial charge < -0.3 is 4.74 Å². The number of halogens is 4. The number of hydrogen-bond donors (Lipinski definition) is 0. The number of rotatable bonds is 6. The minimum Gasteiger partial charge on any atom is -0.486 e. The first-order valence-electron chi connectivity index (χ1n) is 9.67. The maximum atomic E-state index is 13.9. The Kier molecular flexibility index (Phi) is 7.58. The lowest BCUT2D eigenvalue weighted by Crippen LogP contribution is -2.27. The average molecular weight is 612 g/mol. The molecule has 1 aliphatic heterocycles. The van der Waals surface area contributed by atoms with Gasteiger partial charge in [-0.25, -0.2) is 4.39 Å². The van der Waals surface area contributed by atoms with Gasteiger partial charge in [-0.15, -0.1) is 0 Å². The molecule has 33 heavy (non-hydrogen) atoms. The zero-order chi connectivity index (χ0) is 23.5. The second kappa shape index (κ2) is 10.4. The number of hydrogen-bond acceptors (Lipinski definition) is 4.